The molecule has 0 aliphatic carbocycles. The number of hydrogen-bond acceptors (Lipinski definition) is 3. The molecule has 2 heterocycles. The molecule has 0 bridgehead atoms. The summed E-state index contributed by atoms with van der Waals surface area (Å²) in [7, 11) is 0. The fourth-order valence-corrected chi connectivity index (χ4v) is 4.73. The summed E-state index contributed by atoms with van der Waals surface area (Å²) in [5, 5.41) is 7.23. The number of rotatable bonds is 2. The maximum Gasteiger partial charge on any atom is 0.213 e. The highest BCUT2D eigenvalue weighted by Crippen LogP contribution is 2.48. The number of nitrogens with zero attached hydrogens (tertiary/aromatic N) is 2. The van der Waals surface area contributed by atoms with Crippen molar-refractivity contribution in [2.24, 2.45) is 5.10 Å². The van der Waals surface area contributed by atoms with Crippen molar-refractivity contribution in [3.8, 4) is 5.75 Å². The zero-order valence-corrected chi connectivity index (χ0v) is 20.0. The molecule has 0 saturated carbocycles. The van der Waals surface area contributed by atoms with Gasteiger partial charge in [-0.05, 0) is 41.7 Å². The maximum atomic E-state index is 6.51. The van der Waals surface area contributed by atoms with Crippen molar-refractivity contribution in [1.29, 1.82) is 0 Å². The van der Waals surface area contributed by atoms with E-state index in [4.69, 9.17) is 9.84 Å². The number of hydrogen-bond donors (Lipinski definition) is 0. The van der Waals surface area contributed by atoms with E-state index in [0.29, 0.717) is 0 Å². The van der Waals surface area contributed by atoms with Crippen LogP contribution < -0.4 is 4.74 Å². The average molecular weight is 475 g/mol. The molecule has 3 aromatic carbocycles. The number of aryl methyl sites for hydroxylation is 1. The largest absolute Gasteiger partial charge is 0.464 e. The van der Waals surface area contributed by atoms with Crippen molar-refractivity contribution in [2.75, 3.05) is 0 Å². The minimum Gasteiger partial charge on any atom is -0.464 e. The van der Waals surface area contributed by atoms with Gasteiger partial charge in [0.2, 0.25) is 6.23 Å². The fourth-order valence-electron chi connectivity index (χ4n) is 4.35. The topological polar surface area (TPSA) is 24.8 Å². The first-order chi connectivity index (χ1) is 14.8. The van der Waals surface area contributed by atoms with Crippen LogP contribution in [0.4, 0.5) is 0 Å². The number of ether oxygens (including phenoxy) is 1. The Bertz CT molecular complexity index is 1140. The lowest BCUT2D eigenvalue weighted by molar-refractivity contribution is -0.0191. The Morgan fingerprint density at radius 2 is 1.68 bits per heavy atom. The van der Waals surface area contributed by atoms with Gasteiger partial charge in [-0.3, -0.25) is 0 Å². The number of hydrazone groups is 1. The molecular formula is C27H27BrN2O. The van der Waals surface area contributed by atoms with Gasteiger partial charge in [0.1, 0.15) is 5.75 Å². The van der Waals surface area contributed by atoms with E-state index in [9.17, 15) is 0 Å². The van der Waals surface area contributed by atoms with Crippen molar-refractivity contribution < 1.29 is 4.74 Å². The van der Waals surface area contributed by atoms with Gasteiger partial charge in [0, 0.05) is 22.0 Å². The lowest BCUT2D eigenvalue weighted by atomic mass is 9.86. The third kappa shape index (κ3) is 3.78. The molecular weight excluding hydrogens is 448 g/mol. The van der Waals surface area contributed by atoms with Crippen LogP contribution in [0.3, 0.4) is 0 Å². The number of fused-ring (bicyclic) bond motifs is 3. The molecule has 0 N–H and O–H groups in total. The van der Waals surface area contributed by atoms with Crippen LogP contribution in [0.25, 0.3) is 0 Å². The predicted octanol–water partition coefficient (Wildman–Crippen LogP) is 7.30. The second-order valence-electron chi connectivity index (χ2n) is 9.54. The van der Waals surface area contributed by atoms with Crippen molar-refractivity contribution in [2.45, 2.75) is 51.8 Å². The summed E-state index contributed by atoms with van der Waals surface area (Å²) in [6.45, 7) is 8.83. The Hall–Kier alpha value is -2.59. The Balaban J connectivity index is 1.56. The van der Waals surface area contributed by atoms with Crippen molar-refractivity contribution in [3.05, 3.63) is 99.0 Å². The Kier molecular flexibility index (Phi) is 4.93. The van der Waals surface area contributed by atoms with Crippen LogP contribution in [-0.4, -0.2) is 10.7 Å². The predicted molar refractivity (Wildman–Crippen MR) is 130 cm³/mol. The van der Waals surface area contributed by atoms with E-state index in [-0.39, 0.29) is 17.7 Å². The van der Waals surface area contributed by atoms with Gasteiger partial charge in [0.25, 0.3) is 0 Å². The minimum atomic E-state index is -0.240. The van der Waals surface area contributed by atoms with Crippen molar-refractivity contribution in [1.82, 2.24) is 5.01 Å². The molecule has 2 aliphatic rings. The first-order valence-corrected chi connectivity index (χ1v) is 11.6. The summed E-state index contributed by atoms with van der Waals surface area (Å²) in [6.07, 6.45) is 0.627. The van der Waals surface area contributed by atoms with Gasteiger partial charge >= 0.3 is 0 Å². The summed E-state index contributed by atoms with van der Waals surface area (Å²) < 4.78 is 7.58. The van der Waals surface area contributed by atoms with Gasteiger partial charge in [-0.1, -0.05) is 90.8 Å². The van der Waals surface area contributed by atoms with Crippen LogP contribution in [0.1, 0.15) is 67.3 Å². The van der Waals surface area contributed by atoms with Crippen LogP contribution in [-0.2, 0) is 5.41 Å². The second-order valence-corrected chi connectivity index (χ2v) is 10.5. The van der Waals surface area contributed by atoms with Crippen LogP contribution in [0, 0.1) is 6.92 Å². The zero-order valence-electron chi connectivity index (χ0n) is 18.4. The Morgan fingerprint density at radius 1 is 0.968 bits per heavy atom. The van der Waals surface area contributed by atoms with Gasteiger partial charge < -0.3 is 4.74 Å². The molecule has 0 aromatic heterocycles. The maximum absolute atomic E-state index is 6.51. The van der Waals surface area contributed by atoms with E-state index in [1.54, 1.807) is 0 Å². The summed E-state index contributed by atoms with van der Waals surface area (Å²) in [4.78, 5) is 0. The van der Waals surface area contributed by atoms with Crippen molar-refractivity contribution in [3.63, 3.8) is 0 Å². The van der Waals surface area contributed by atoms with Gasteiger partial charge in [-0.25, -0.2) is 5.01 Å². The van der Waals surface area contributed by atoms with E-state index < -0.39 is 0 Å². The molecule has 31 heavy (non-hydrogen) atoms. The summed E-state index contributed by atoms with van der Waals surface area (Å²) in [6, 6.07) is 23.9. The van der Waals surface area contributed by atoms with Crippen molar-refractivity contribution >= 4 is 21.6 Å². The van der Waals surface area contributed by atoms with Crippen LogP contribution in [0.2, 0.25) is 0 Å². The SMILES string of the molecule is Cc1ccc(C2=NN3[C@@H](C2)c2cc(Br)ccc2O[C@H]3c2ccc(C(C)(C)C)cc2)cc1. The van der Waals surface area contributed by atoms with E-state index in [2.05, 4.69) is 109 Å². The van der Waals surface area contributed by atoms with E-state index >= 15 is 0 Å². The molecule has 0 unspecified atom stereocenters. The number of halogens is 1. The standard InChI is InChI=1S/C27H27BrN2O/c1-17-5-7-18(8-6-17)23-16-24-22-15-21(28)13-14-25(22)31-26(30(24)29-23)19-9-11-20(12-10-19)27(2,3)4/h5-15,24,26H,16H2,1-4H3/t24-,26-/m0/s1. The molecule has 3 nitrogen and oxygen atoms in total. The van der Waals surface area contributed by atoms with Crippen LogP contribution >= 0.6 is 15.9 Å². The van der Waals surface area contributed by atoms with E-state index in [0.717, 1.165) is 27.9 Å². The first kappa shape index (κ1) is 20.3. The molecule has 3 aromatic rings. The fraction of sp³-hybridized carbons (Fsp3) is 0.296. The zero-order chi connectivity index (χ0) is 21.8. The molecule has 158 valence electrons. The molecule has 0 saturated heterocycles. The molecule has 0 amide bonds. The summed E-state index contributed by atoms with van der Waals surface area (Å²) in [5.74, 6) is 0.940. The lowest BCUT2D eigenvalue weighted by Crippen LogP contribution is -2.33. The molecule has 0 radical (unpaired) electrons. The highest BCUT2D eigenvalue weighted by atomic mass is 79.9. The first-order valence-electron chi connectivity index (χ1n) is 10.8. The second kappa shape index (κ2) is 7.52. The third-order valence-electron chi connectivity index (χ3n) is 6.20. The summed E-state index contributed by atoms with van der Waals surface area (Å²) >= 11 is 3.63. The molecule has 0 fully saturated rings. The van der Waals surface area contributed by atoms with Gasteiger partial charge in [0.05, 0.1) is 11.8 Å². The molecule has 2 atom stereocenters. The third-order valence-corrected chi connectivity index (χ3v) is 6.69. The molecule has 2 aliphatic heterocycles. The highest BCUT2D eigenvalue weighted by Gasteiger charge is 2.41. The normalized spacial score (nSPS) is 20.0. The van der Waals surface area contributed by atoms with Gasteiger partial charge in [-0.2, -0.15) is 5.10 Å². The molecule has 4 heteroatoms. The average Bonchev–Trinajstić information content (AvgIpc) is 3.19. The molecule has 0 spiro atoms. The van der Waals surface area contributed by atoms with Crippen LogP contribution in [0.15, 0.2) is 76.3 Å². The van der Waals surface area contributed by atoms with Gasteiger partial charge in [0.15, 0.2) is 0 Å². The lowest BCUT2D eigenvalue weighted by Gasteiger charge is -2.38. The number of benzene rings is 3. The van der Waals surface area contributed by atoms with Gasteiger partial charge in [-0.15, -0.1) is 0 Å². The highest BCUT2D eigenvalue weighted by molar-refractivity contribution is 9.10. The monoisotopic (exact) mass is 474 g/mol. The van der Waals surface area contributed by atoms with E-state index in [1.165, 1.54) is 22.3 Å². The van der Waals surface area contributed by atoms with Crippen LogP contribution in [0.5, 0.6) is 5.75 Å². The summed E-state index contributed by atoms with van der Waals surface area (Å²) in [5.41, 5.74) is 7.30. The molecule has 5 rings (SSSR count). The Labute approximate surface area is 192 Å². The van der Waals surface area contributed by atoms with E-state index in [1.807, 2.05) is 6.07 Å². The smallest absolute Gasteiger partial charge is 0.213 e. The minimum absolute atomic E-state index is 0.123. The quantitative estimate of drug-likeness (QED) is 0.389. The Morgan fingerprint density at radius 3 is 2.35 bits per heavy atom.